The van der Waals surface area contributed by atoms with E-state index in [-0.39, 0.29) is 11.5 Å². The van der Waals surface area contributed by atoms with Crippen LogP contribution in [0.5, 0.6) is 11.5 Å². The summed E-state index contributed by atoms with van der Waals surface area (Å²) in [7, 11) is 0. The minimum absolute atomic E-state index is 0.122. The van der Waals surface area contributed by atoms with Crippen molar-refractivity contribution in [1.82, 2.24) is 0 Å². The van der Waals surface area contributed by atoms with Crippen LogP contribution in [0.2, 0.25) is 0 Å². The predicted molar refractivity (Wildman–Crippen MR) is 256 cm³/mol. The maximum Gasteiger partial charge on any atom is 0.573 e. The Balaban J connectivity index is 0.000000244. The van der Waals surface area contributed by atoms with E-state index in [0.717, 1.165) is 46.6 Å². The van der Waals surface area contributed by atoms with Gasteiger partial charge in [-0.15, -0.1) is 26.3 Å². The van der Waals surface area contributed by atoms with Gasteiger partial charge in [-0.3, -0.25) is 0 Å². The molecule has 4 aliphatic rings. The summed E-state index contributed by atoms with van der Waals surface area (Å²) in [6.07, 6.45) is 36.0. The molecule has 8 heteroatoms. The van der Waals surface area contributed by atoms with E-state index in [1.165, 1.54) is 236 Å². The van der Waals surface area contributed by atoms with Crippen molar-refractivity contribution >= 4 is 0 Å². The molecule has 4 saturated carbocycles. The molecule has 0 aromatic heterocycles. The molecule has 0 unspecified atom stereocenters. The smallest absolute Gasteiger partial charge is 0.406 e. The van der Waals surface area contributed by atoms with E-state index in [0.29, 0.717) is 11.8 Å². The Morgan fingerprint density at radius 2 is 0.615 bits per heavy atom. The van der Waals surface area contributed by atoms with Gasteiger partial charge in [0, 0.05) is 0 Å². The van der Waals surface area contributed by atoms with E-state index in [9.17, 15) is 26.3 Å². The lowest BCUT2D eigenvalue weighted by Crippen LogP contribution is -2.25. The van der Waals surface area contributed by atoms with Gasteiger partial charge in [-0.1, -0.05) is 173 Å². The molecule has 2 nitrogen and oxygen atoms in total. The predicted octanol–water partition coefficient (Wildman–Crippen LogP) is 20.0. The minimum atomic E-state index is -4.62. The summed E-state index contributed by atoms with van der Waals surface area (Å²) in [5, 5.41) is 0. The normalized spacial score (nSPS) is 26.5. The molecule has 6 rings (SSSR count). The molecule has 0 N–H and O–H groups in total. The van der Waals surface area contributed by atoms with E-state index in [1.54, 1.807) is 0 Å². The van der Waals surface area contributed by atoms with Gasteiger partial charge in [-0.05, 0) is 160 Å². The SMILES string of the molecule is CCCCCCCCCC1CCC(C2CCC(c3ccc(OC(F)(F)F)cc3)CC2)CC1.CCCCCCCCCCC1CCC(C2CCC(c3ccc(OC(F)(F)F)cc3)CC2)CC1. The highest BCUT2D eigenvalue weighted by molar-refractivity contribution is 5.31. The average molecular weight is 919 g/mol. The second-order valence-electron chi connectivity index (χ2n) is 21.2. The quantitative estimate of drug-likeness (QED) is 0.0817. The van der Waals surface area contributed by atoms with Crippen LogP contribution in [0.15, 0.2) is 48.5 Å². The lowest BCUT2D eigenvalue weighted by Gasteiger charge is -2.38. The first-order valence-electron chi connectivity index (χ1n) is 27.1. The zero-order chi connectivity index (χ0) is 46.3. The summed E-state index contributed by atoms with van der Waals surface area (Å²) in [5.74, 6) is 6.20. The van der Waals surface area contributed by atoms with Crippen LogP contribution in [0.25, 0.3) is 0 Å². The molecule has 0 aliphatic heterocycles. The van der Waals surface area contributed by atoms with E-state index < -0.39 is 12.7 Å². The Kier molecular flexibility index (Phi) is 23.8. The zero-order valence-electron chi connectivity index (χ0n) is 40.7. The van der Waals surface area contributed by atoms with Gasteiger partial charge < -0.3 is 9.47 Å². The fourth-order valence-electron chi connectivity index (χ4n) is 12.6. The van der Waals surface area contributed by atoms with Crippen LogP contribution in [0.3, 0.4) is 0 Å². The van der Waals surface area contributed by atoms with Gasteiger partial charge in [0.1, 0.15) is 11.5 Å². The first kappa shape index (κ1) is 53.6. The highest BCUT2D eigenvalue weighted by atomic mass is 19.4. The maximum atomic E-state index is 12.4. The van der Waals surface area contributed by atoms with E-state index in [4.69, 9.17) is 0 Å². The molecule has 0 bridgehead atoms. The standard InChI is InChI=1S/C29H45F3O.C28H43F3O/c1-2-3-4-5-6-7-8-9-10-23-11-13-24(14-12-23)25-15-17-26(18-16-25)27-19-21-28(22-20-27)33-29(30,31)32;1-2-3-4-5-6-7-8-9-22-10-12-23(13-11-22)24-14-16-25(17-15-24)26-18-20-27(21-19-26)32-28(29,30)31/h19-26H,2-18H2,1H3;18-25H,2-17H2,1H3. The van der Waals surface area contributed by atoms with E-state index in [1.807, 2.05) is 24.3 Å². The summed E-state index contributed by atoms with van der Waals surface area (Å²) in [6.45, 7) is 4.56. The van der Waals surface area contributed by atoms with E-state index in [2.05, 4.69) is 23.3 Å². The molecule has 0 radical (unpaired) electrons. The van der Waals surface area contributed by atoms with Gasteiger partial charge >= 0.3 is 12.7 Å². The summed E-state index contributed by atoms with van der Waals surface area (Å²) in [5.41, 5.74) is 2.33. The van der Waals surface area contributed by atoms with Gasteiger partial charge in [0.15, 0.2) is 0 Å². The molecular formula is C57H88F6O2. The van der Waals surface area contributed by atoms with Gasteiger partial charge in [-0.2, -0.15) is 0 Å². The molecule has 4 aliphatic carbocycles. The fourth-order valence-corrected chi connectivity index (χ4v) is 12.6. The first-order chi connectivity index (χ1) is 31.4. The lowest BCUT2D eigenvalue weighted by atomic mass is 9.68. The van der Waals surface area contributed by atoms with Crippen molar-refractivity contribution in [3.05, 3.63) is 59.7 Å². The summed E-state index contributed by atoms with van der Waals surface area (Å²) in [4.78, 5) is 0. The van der Waals surface area contributed by atoms with Crippen molar-refractivity contribution in [2.24, 2.45) is 35.5 Å². The minimum Gasteiger partial charge on any atom is -0.406 e. The van der Waals surface area contributed by atoms with Crippen molar-refractivity contribution < 1.29 is 35.8 Å². The number of ether oxygens (including phenoxy) is 2. The van der Waals surface area contributed by atoms with Gasteiger partial charge in [0.2, 0.25) is 0 Å². The van der Waals surface area contributed by atoms with Crippen molar-refractivity contribution in [2.45, 2.75) is 250 Å². The van der Waals surface area contributed by atoms with Crippen LogP contribution >= 0.6 is 0 Å². The Hall–Kier alpha value is -2.38. The highest BCUT2D eigenvalue weighted by Crippen LogP contribution is 2.46. The van der Waals surface area contributed by atoms with Crippen molar-refractivity contribution in [1.29, 1.82) is 0 Å². The third kappa shape index (κ3) is 20.8. The Labute approximate surface area is 391 Å². The van der Waals surface area contributed by atoms with Crippen molar-refractivity contribution in [3.8, 4) is 11.5 Å². The topological polar surface area (TPSA) is 18.5 Å². The Morgan fingerprint density at radius 1 is 0.354 bits per heavy atom. The molecule has 370 valence electrons. The number of hydrogen-bond donors (Lipinski definition) is 0. The monoisotopic (exact) mass is 919 g/mol. The number of benzene rings is 2. The number of rotatable bonds is 23. The lowest BCUT2D eigenvalue weighted by molar-refractivity contribution is -0.275. The number of hydrogen-bond acceptors (Lipinski definition) is 2. The molecule has 0 heterocycles. The first-order valence-corrected chi connectivity index (χ1v) is 27.1. The average Bonchev–Trinajstić information content (AvgIpc) is 3.30. The second kappa shape index (κ2) is 28.8. The highest BCUT2D eigenvalue weighted by Gasteiger charge is 2.35. The van der Waals surface area contributed by atoms with Crippen LogP contribution in [0.1, 0.15) is 249 Å². The molecule has 2 aromatic rings. The van der Waals surface area contributed by atoms with Crippen LogP contribution in [0, 0.1) is 35.5 Å². The third-order valence-electron chi connectivity index (χ3n) is 16.5. The molecule has 0 amide bonds. The summed E-state index contributed by atoms with van der Waals surface area (Å²) < 4.78 is 82.1. The molecule has 65 heavy (non-hydrogen) atoms. The third-order valence-corrected chi connectivity index (χ3v) is 16.5. The van der Waals surface area contributed by atoms with Gasteiger partial charge in [-0.25, -0.2) is 0 Å². The van der Waals surface area contributed by atoms with Gasteiger partial charge in [0.05, 0.1) is 0 Å². The molecule has 0 spiro atoms. The van der Waals surface area contributed by atoms with E-state index >= 15 is 0 Å². The molecule has 0 atom stereocenters. The summed E-state index contributed by atoms with van der Waals surface area (Å²) in [6, 6.07) is 13.1. The van der Waals surface area contributed by atoms with Crippen LogP contribution in [0.4, 0.5) is 26.3 Å². The largest absolute Gasteiger partial charge is 0.573 e. The Bertz CT molecular complexity index is 1490. The van der Waals surface area contributed by atoms with Gasteiger partial charge in [0.25, 0.3) is 0 Å². The molecular weight excluding hydrogens is 831 g/mol. The number of halogens is 6. The zero-order valence-corrected chi connectivity index (χ0v) is 40.7. The number of unbranched alkanes of at least 4 members (excludes halogenated alkanes) is 13. The molecule has 4 fully saturated rings. The maximum absolute atomic E-state index is 12.4. The van der Waals surface area contributed by atoms with Crippen molar-refractivity contribution in [2.75, 3.05) is 0 Å². The molecule has 2 aromatic carbocycles. The Morgan fingerprint density at radius 3 is 0.892 bits per heavy atom. The van der Waals surface area contributed by atoms with Crippen LogP contribution < -0.4 is 9.47 Å². The van der Waals surface area contributed by atoms with Crippen LogP contribution in [-0.2, 0) is 0 Å². The number of alkyl halides is 6. The van der Waals surface area contributed by atoms with Crippen LogP contribution in [-0.4, -0.2) is 12.7 Å². The molecule has 0 saturated heterocycles. The summed E-state index contributed by atoms with van der Waals surface area (Å²) >= 11 is 0. The fraction of sp³-hybridized carbons (Fsp3) is 0.789. The van der Waals surface area contributed by atoms with Crippen molar-refractivity contribution in [3.63, 3.8) is 0 Å². The second-order valence-corrected chi connectivity index (χ2v) is 21.2.